The highest BCUT2D eigenvalue weighted by molar-refractivity contribution is 5.71. The van der Waals surface area contributed by atoms with Crippen LogP contribution in [0.5, 0.6) is 5.75 Å². The summed E-state index contributed by atoms with van der Waals surface area (Å²) in [6.07, 6.45) is 4.00. The lowest BCUT2D eigenvalue weighted by atomic mass is 10.2. The molecule has 2 aromatic rings. The molecule has 0 spiro atoms. The number of carbonyl (C=O) groups is 1. The number of methoxy groups -OCH3 is 1. The van der Waals surface area contributed by atoms with Crippen LogP contribution < -0.4 is 4.74 Å². The molecule has 4 heteroatoms. The molecule has 0 radical (unpaired) electrons. The van der Waals surface area contributed by atoms with Gasteiger partial charge in [0.25, 0.3) is 0 Å². The zero-order valence-corrected chi connectivity index (χ0v) is 8.96. The second-order valence-electron chi connectivity index (χ2n) is 3.41. The smallest absolute Gasteiger partial charge is 0.168 e. The molecule has 1 aromatic carbocycles. The highest BCUT2D eigenvalue weighted by Crippen LogP contribution is 2.12. The highest BCUT2D eigenvalue weighted by Gasteiger charge is 2.01. The summed E-state index contributed by atoms with van der Waals surface area (Å²) in [5.41, 5.74) is 1.68. The molecule has 1 heterocycles. The zero-order valence-electron chi connectivity index (χ0n) is 8.96. The second-order valence-corrected chi connectivity index (χ2v) is 3.41. The monoisotopic (exact) mass is 216 g/mol. The van der Waals surface area contributed by atoms with Gasteiger partial charge in [-0.25, -0.2) is 4.98 Å². The third-order valence-corrected chi connectivity index (χ3v) is 2.38. The molecule has 1 aromatic heterocycles. The topological polar surface area (TPSA) is 44.1 Å². The standard InChI is InChI=1S/C12H12N2O2/c1-16-12-4-2-10(3-5-12)7-14-9-13-6-11(14)8-15/h2-6,8-9H,7H2,1H3. The fraction of sp³-hybridized carbons (Fsp3) is 0.167. The quantitative estimate of drug-likeness (QED) is 0.731. The molecule has 16 heavy (non-hydrogen) atoms. The predicted molar refractivity (Wildman–Crippen MR) is 59.7 cm³/mol. The van der Waals surface area contributed by atoms with E-state index < -0.39 is 0 Å². The lowest BCUT2D eigenvalue weighted by Gasteiger charge is -2.05. The minimum absolute atomic E-state index is 0.579. The molecule has 0 bridgehead atoms. The van der Waals surface area contributed by atoms with Gasteiger partial charge in [-0.05, 0) is 17.7 Å². The lowest BCUT2D eigenvalue weighted by Crippen LogP contribution is -2.02. The average Bonchev–Trinajstić information content (AvgIpc) is 2.77. The molecular weight excluding hydrogens is 204 g/mol. The number of imidazole rings is 1. The van der Waals surface area contributed by atoms with Crippen molar-refractivity contribution < 1.29 is 9.53 Å². The molecule has 0 aliphatic carbocycles. The molecule has 0 aliphatic heterocycles. The van der Waals surface area contributed by atoms with E-state index in [-0.39, 0.29) is 0 Å². The Hall–Kier alpha value is -2.10. The molecule has 2 rings (SSSR count). The van der Waals surface area contributed by atoms with Crippen molar-refractivity contribution in [2.75, 3.05) is 7.11 Å². The van der Waals surface area contributed by atoms with Crippen LogP contribution in [0.2, 0.25) is 0 Å². The summed E-state index contributed by atoms with van der Waals surface area (Å²) in [6.45, 7) is 0.637. The molecule has 0 unspecified atom stereocenters. The molecule has 0 atom stereocenters. The first-order chi connectivity index (χ1) is 7.83. The highest BCUT2D eigenvalue weighted by atomic mass is 16.5. The van der Waals surface area contributed by atoms with E-state index in [0.29, 0.717) is 12.2 Å². The molecular formula is C12H12N2O2. The van der Waals surface area contributed by atoms with Crippen molar-refractivity contribution in [1.29, 1.82) is 0 Å². The van der Waals surface area contributed by atoms with Crippen molar-refractivity contribution in [3.05, 3.63) is 48.0 Å². The first-order valence-electron chi connectivity index (χ1n) is 4.91. The van der Waals surface area contributed by atoms with Gasteiger partial charge in [-0.1, -0.05) is 12.1 Å². The van der Waals surface area contributed by atoms with Crippen LogP contribution in [0.15, 0.2) is 36.8 Å². The summed E-state index contributed by atoms with van der Waals surface area (Å²) in [6, 6.07) is 7.72. The minimum atomic E-state index is 0.579. The molecule has 0 fully saturated rings. The van der Waals surface area contributed by atoms with E-state index in [1.807, 2.05) is 24.3 Å². The van der Waals surface area contributed by atoms with Crippen LogP contribution in [0, 0.1) is 0 Å². The maximum atomic E-state index is 10.7. The van der Waals surface area contributed by atoms with Gasteiger partial charge in [0.2, 0.25) is 0 Å². The van der Waals surface area contributed by atoms with Crippen LogP contribution >= 0.6 is 0 Å². The molecule has 0 amide bonds. The van der Waals surface area contributed by atoms with Crippen LogP contribution in [-0.2, 0) is 6.54 Å². The number of hydrogen-bond acceptors (Lipinski definition) is 3. The summed E-state index contributed by atoms with van der Waals surface area (Å²) in [7, 11) is 1.63. The van der Waals surface area contributed by atoms with Gasteiger partial charge in [0.15, 0.2) is 6.29 Å². The minimum Gasteiger partial charge on any atom is -0.497 e. The largest absolute Gasteiger partial charge is 0.497 e. The van der Waals surface area contributed by atoms with Crippen LogP contribution in [0.25, 0.3) is 0 Å². The maximum Gasteiger partial charge on any atom is 0.168 e. The number of rotatable bonds is 4. The Bertz CT molecular complexity index is 474. The van der Waals surface area contributed by atoms with E-state index in [1.54, 1.807) is 24.2 Å². The van der Waals surface area contributed by atoms with Crippen LogP contribution in [-0.4, -0.2) is 22.9 Å². The van der Waals surface area contributed by atoms with E-state index >= 15 is 0 Å². The Labute approximate surface area is 93.5 Å². The zero-order chi connectivity index (χ0) is 11.4. The fourth-order valence-electron chi connectivity index (χ4n) is 1.49. The van der Waals surface area contributed by atoms with E-state index in [1.165, 1.54) is 0 Å². The van der Waals surface area contributed by atoms with Gasteiger partial charge < -0.3 is 9.30 Å². The van der Waals surface area contributed by atoms with Crippen molar-refractivity contribution in [2.45, 2.75) is 6.54 Å². The molecule has 0 N–H and O–H groups in total. The van der Waals surface area contributed by atoms with Crippen molar-refractivity contribution >= 4 is 6.29 Å². The number of aromatic nitrogens is 2. The molecule has 0 saturated carbocycles. The van der Waals surface area contributed by atoms with E-state index in [0.717, 1.165) is 17.6 Å². The van der Waals surface area contributed by atoms with Gasteiger partial charge in [-0.2, -0.15) is 0 Å². The Balaban J connectivity index is 2.17. The Morgan fingerprint density at radius 1 is 1.38 bits per heavy atom. The Kier molecular flexibility index (Phi) is 3.00. The SMILES string of the molecule is COc1ccc(Cn2cncc2C=O)cc1. The Morgan fingerprint density at radius 3 is 2.75 bits per heavy atom. The lowest BCUT2D eigenvalue weighted by molar-refractivity contribution is 0.111. The first-order valence-corrected chi connectivity index (χ1v) is 4.91. The van der Waals surface area contributed by atoms with E-state index in [2.05, 4.69) is 4.98 Å². The van der Waals surface area contributed by atoms with Crippen molar-refractivity contribution in [3.8, 4) is 5.75 Å². The molecule has 82 valence electrons. The number of hydrogen-bond donors (Lipinski definition) is 0. The van der Waals surface area contributed by atoms with Gasteiger partial charge in [-0.3, -0.25) is 4.79 Å². The van der Waals surface area contributed by atoms with E-state index in [4.69, 9.17) is 4.74 Å². The van der Waals surface area contributed by atoms with Gasteiger partial charge >= 0.3 is 0 Å². The van der Waals surface area contributed by atoms with Crippen molar-refractivity contribution in [1.82, 2.24) is 9.55 Å². The number of nitrogens with zero attached hydrogens (tertiary/aromatic N) is 2. The van der Waals surface area contributed by atoms with Crippen LogP contribution in [0.1, 0.15) is 16.1 Å². The van der Waals surface area contributed by atoms with Crippen LogP contribution in [0.3, 0.4) is 0 Å². The van der Waals surface area contributed by atoms with Gasteiger partial charge in [0.1, 0.15) is 11.4 Å². The average molecular weight is 216 g/mol. The van der Waals surface area contributed by atoms with Crippen molar-refractivity contribution in [3.63, 3.8) is 0 Å². The predicted octanol–water partition coefficient (Wildman–Crippen LogP) is 1.75. The van der Waals surface area contributed by atoms with Gasteiger partial charge in [-0.15, -0.1) is 0 Å². The summed E-state index contributed by atoms with van der Waals surface area (Å²) >= 11 is 0. The summed E-state index contributed by atoms with van der Waals surface area (Å²) in [5, 5.41) is 0. The molecule has 0 aliphatic rings. The van der Waals surface area contributed by atoms with Gasteiger partial charge in [0.05, 0.1) is 19.6 Å². The molecule has 0 saturated heterocycles. The summed E-state index contributed by atoms with van der Waals surface area (Å²) in [4.78, 5) is 14.6. The normalized spacial score (nSPS) is 10.1. The van der Waals surface area contributed by atoms with Gasteiger partial charge in [0, 0.05) is 6.54 Å². The van der Waals surface area contributed by atoms with E-state index in [9.17, 15) is 4.79 Å². The maximum absolute atomic E-state index is 10.7. The third kappa shape index (κ3) is 2.11. The summed E-state index contributed by atoms with van der Waals surface area (Å²) in [5.74, 6) is 0.824. The number of aldehydes is 1. The number of ether oxygens (including phenoxy) is 1. The van der Waals surface area contributed by atoms with Crippen LogP contribution in [0.4, 0.5) is 0 Å². The number of benzene rings is 1. The second kappa shape index (κ2) is 4.61. The third-order valence-electron chi connectivity index (χ3n) is 2.38. The number of carbonyl (C=O) groups excluding carboxylic acids is 1. The Morgan fingerprint density at radius 2 is 2.12 bits per heavy atom. The van der Waals surface area contributed by atoms with Crippen molar-refractivity contribution in [2.24, 2.45) is 0 Å². The molecule has 4 nitrogen and oxygen atoms in total. The first kappa shape index (κ1) is 10.4. The fourth-order valence-corrected chi connectivity index (χ4v) is 1.49. The summed E-state index contributed by atoms with van der Waals surface area (Å²) < 4.78 is 6.87.